The van der Waals surface area contributed by atoms with Gasteiger partial charge in [0.05, 0.1) is 24.9 Å². The van der Waals surface area contributed by atoms with E-state index in [9.17, 15) is 0 Å². The summed E-state index contributed by atoms with van der Waals surface area (Å²) in [4.78, 5) is 5.33. The molecule has 2 aromatic rings. The average molecular weight is 266 g/mol. The van der Waals surface area contributed by atoms with Crippen LogP contribution in [-0.4, -0.2) is 28.4 Å². The van der Waals surface area contributed by atoms with Gasteiger partial charge in [0.15, 0.2) is 5.75 Å². The molecule has 2 aromatic heterocycles. The first kappa shape index (κ1) is 13.0. The van der Waals surface area contributed by atoms with Crippen molar-refractivity contribution in [1.82, 2.24) is 20.1 Å². The number of hydrogen-bond donors (Lipinski definition) is 1. The normalized spacial score (nSPS) is 12.6. The Morgan fingerprint density at radius 1 is 1.50 bits per heavy atom. The zero-order chi connectivity index (χ0) is 13.0. The Bertz CT molecular complexity index is 480. The zero-order valence-electron chi connectivity index (χ0n) is 10.9. The Morgan fingerprint density at radius 3 is 2.94 bits per heavy atom. The number of hydrogen-bond acceptors (Lipinski definition) is 5. The van der Waals surface area contributed by atoms with Crippen molar-refractivity contribution in [3.8, 4) is 5.75 Å². The fourth-order valence-electron chi connectivity index (χ4n) is 1.90. The number of ether oxygens (including phenoxy) is 1. The number of aromatic nitrogens is 3. The SMILES string of the molecule is CCCNC(c1cncs1)c1c(OC)cnn1C. The topological polar surface area (TPSA) is 52.0 Å². The molecule has 5 nitrogen and oxygen atoms in total. The molecule has 0 bridgehead atoms. The molecule has 0 aliphatic heterocycles. The van der Waals surface area contributed by atoms with Crippen molar-refractivity contribution < 1.29 is 4.74 Å². The molecular formula is C12H18N4OS. The minimum Gasteiger partial charge on any atom is -0.493 e. The van der Waals surface area contributed by atoms with Crippen molar-refractivity contribution in [2.75, 3.05) is 13.7 Å². The fraction of sp³-hybridized carbons (Fsp3) is 0.500. The Labute approximate surface area is 111 Å². The molecule has 0 saturated heterocycles. The van der Waals surface area contributed by atoms with Crippen molar-refractivity contribution in [3.05, 3.63) is 28.5 Å². The maximum atomic E-state index is 5.39. The minimum absolute atomic E-state index is 0.0832. The van der Waals surface area contributed by atoms with Gasteiger partial charge in [-0.1, -0.05) is 6.92 Å². The van der Waals surface area contributed by atoms with Crippen molar-refractivity contribution >= 4 is 11.3 Å². The predicted octanol–water partition coefficient (Wildman–Crippen LogP) is 1.97. The van der Waals surface area contributed by atoms with Gasteiger partial charge < -0.3 is 10.1 Å². The lowest BCUT2D eigenvalue weighted by Gasteiger charge is -2.18. The number of aryl methyl sites for hydroxylation is 1. The van der Waals surface area contributed by atoms with E-state index in [4.69, 9.17) is 4.74 Å². The molecule has 0 aliphatic rings. The van der Waals surface area contributed by atoms with Gasteiger partial charge in [-0.15, -0.1) is 11.3 Å². The van der Waals surface area contributed by atoms with Gasteiger partial charge >= 0.3 is 0 Å². The van der Waals surface area contributed by atoms with Crippen LogP contribution in [0.3, 0.4) is 0 Å². The number of rotatable bonds is 6. The van der Waals surface area contributed by atoms with E-state index in [0.717, 1.165) is 24.4 Å². The highest BCUT2D eigenvalue weighted by Crippen LogP contribution is 2.31. The standard InChI is InChI=1S/C12H18N4OS/c1-4-5-14-11(10-7-13-8-18-10)12-9(17-3)6-15-16(12)2/h6-8,11,14H,4-5H2,1-3H3. The summed E-state index contributed by atoms with van der Waals surface area (Å²) in [6.07, 6.45) is 4.72. The summed E-state index contributed by atoms with van der Waals surface area (Å²) in [7, 11) is 3.60. The van der Waals surface area contributed by atoms with Crippen LogP contribution in [0.1, 0.15) is 30.0 Å². The Balaban J connectivity index is 2.36. The number of thiazole rings is 1. The molecule has 18 heavy (non-hydrogen) atoms. The molecule has 1 atom stereocenters. The van der Waals surface area contributed by atoms with Gasteiger partial charge in [-0.05, 0) is 13.0 Å². The molecule has 0 aliphatic carbocycles. The van der Waals surface area contributed by atoms with Crippen LogP contribution in [0, 0.1) is 0 Å². The van der Waals surface area contributed by atoms with Crippen LogP contribution >= 0.6 is 11.3 Å². The second kappa shape index (κ2) is 5.97. The summed E-state index contributed by atoms with van der Waals surface area (Å²) in [6, 6.07) is 0.0832. The summed E-state index contributed by atoms with van der Waals surface area (Å²) < 4.78 is 7.24. The van der Waals surface area contributed by atoms with E-state index in [1.54, 1.807) is 24.6 Å². The highest BCUT2D eigenvalue weighted by atomic mass is 32.1. The molecule has 6 heteroatoms. The maximum absolute atomic E-state index is 5.39. The molecule has 0 spiro atoms. The lowest BCUT2D eigenvalue weighted by atomic mass is 10.1. The lowest BCUT2D eigenvalue weighted by molar-refractivity contribution is 0.401. The van der Waals surface area contributed by atoms with Crippen LogP contribution in [0.5, 0.6) is 5.75 Å². The monoisotopic (exact) mass is 266 g/mol. The van der Waals surface area contributed by atoms with Gasteiger partial charge in [0, 0.05) is 18.1 Å². The van der Waals surface area contributed by atoms with Crippen molar-refractivity contribution in [2.24, 2.45) is 7.05 Å². The molecule has 98 valence electrons. The predicted molar refractivity (Wildman–Crippen MR) is 72.0 cm³/mol. The molecule has 1 unspecified atom stereocenters. The summed E-state index contributed by atoms with van der Waals surface area (Å²) in [5.74, 6) is 0.805. The first-order valence-corrected chi connectivity index (χ1v) is 6.83. The highest BCUT2D eigenvalue weighted by molar-refractivity contribution is 7.09. The first-order valence-electron chi connectivity index (χ1n) is 5.95. The quantitative estimate of drug-likeness (QED) is 0.868. The van der Waals surface area contributed by atoms with Crippen LogP contribution < -0.4 is 10.1 Å². The Kier molecular flexibility index (Phi) is 4.33. The van der Waals surface area contributed by atoms with E-state index in [-0.39, 0.29) is 6.04 Å². The van der Waals surface area contributed by atoms with E-state index in [0.29, 0.717) is 0 Å². The molecule has 0 radical (unpaired) electrons. The van der Waals surface area contributed by atoms with Gasteiger partial charge in [-0.2, -0.15) is 5.10 Å². The first-order chi connectivity index (χ1) is 8.77. The zero-order valence-corrected chi connectivity index (χ0v) is 11.7. The minimum atomic E-state index is 0.0832. The summed E-state index contributed by atoms with van der Waals surface area (Å²) in [5, 5.41) is 7.78. The van der Waals surface area contributed by atoms with Crippen molar-refractivity contribution in [1.29, 1.82) is 0 Å². The Hall–Kier alpha value is -1.40. The van der Waals surface area contributed by atoms with Crippen LogP contribution in [0.2, 0.25) is 0 Å². The summed E-state index contributed by atoms with van der Waals surface area (Å²) in [6.45, 7) is 3.09. The second-order valence-corrected chi connectivity index (χ2v) is 4.93. The summed E-state index contributed by atoms with van der Waals surface area (Å²) in [5.41, 5.74) is 2.88. The second-order valence-electron chi connectivity index (χ2n) is 4.01. The van der Waals surface area contributed by atoms with Crippen LogP contribution in [0.4, 0.5) is 0 Å². The number of nitrogens with one attached hydrogen (secondary N) is 1. The van der Waals surface area contributed by atoms with Gasteiger partial charge in [-0.3, -0.25) is 9.67 Å². The van der Waals surface area contributed by atoms with Crippen molar-refractivity contribution in [3.63, 3.8) is 0 Å². The highest BCUT2D eigenvalue weighted by Gasteiger charge is 2.23. The molecule has 0 aromatic carbocycles. The smallest absolute Gasteiger partial charge is 0.161 e. The third-order valence-corrected chi connectivity index (χ3v) is 3.62. The van der Waals surface area contributed by atoms with E-state index in [2.05, 4.69) is 22.3 Å². The molecule has 2 heterocycles. The maximum Gasteiger partial charge on any atom is 0.161 e. The van der Waals surface area contributed by atoms with Gasteiger partial charge in [0.1, 0.15) is 5.69 Å². The molecule has 2 rings (SSSR count). The number of methoxy groups -OCH3 is 1. The molecule has 0 fully saturated rings. The lowest BCUT2D eigenvalue weighted by Crippen LogP contribution is -2.25. The Morgan fingerprint density at radius 2 is 2.33 bits per heavy atom. The van der Waals surface area contributed by atoms with E-state index >= 15 is 0 Å². The van der Waals surface area contributed by atoms with Gasteiger partial charge in [-0.25, -0.2) is 0 Å². The van der Waals surface area contributed by atoms with E-state index in [1.807, 2.05) is 23.4 Å². The molecular weight excluding hydrogens is 248 g/mol. The average Bonchev–Trinajstić information content (AvgIpc) is 3.01. The van der Waals surface area contributed by atoms with Crippen LogP contribution in [0.15, 0.2) is 17.9 Å². The molecule has 0 saturated carbocycles. The van der Waals surface area contributed by atoms with E-state index in [1.165, 1.54) is 4.88 Å². The molecule has 0 amide bonds. The van der Waals surface area contributed by atoms with Crippen LogP contribution in [-0.2, 0) is 7.05 Å². The van der Waals surface area contributed by atoms with Crippen molar-refractivity contribution in [2.45, 2.75) is 19.4 Å². The third kappa shape index (κ3) is 2.54. The van der Waals surface area contributed by atoms with E-state index < -0.39 is 0 Å². The fourth-order valence-corrected chi connectivity index (χ4v) is 2.60. The van der Waals surface area contributed by atoms with Gasteiger partial charge in [0.25, 0.3) is 0 Å². The van der Waals surface area contributed by atoms with Crippen LogP contribution in [0.25, 0.3) is 0 Å². The largest absolute Gasteiger partial charge is 0.493 e. The third-order valence-electron chi connectivity index (χ3n) is 2.78. The number of nitrogens with zero attached hydrogens (tertiary/aromatic N) is 3. The molecule has 1 N–H and O–H groups in total. The van der Waals surface area contributed by atoms with Gasteiger partial charge in [0.2, 0.25) is 0 Å². The summed E-state index contributed by atoms with van der Waals surface area (Å²) >= 11 is 1.64.